The molecule has 9 aromatic rings. The summed E-state index contributed by atoms with van der Waals surface area (Å²) < 4.78 is 0. The first-order valence-corrected chi connectivity index (χ1v) is 37.9. The lowest BCUT2D eigenvalue weighted by atomic mass is 9.72. The van der Waals surface area contributed by atoms with Crippen molar-refractivity contribution in [2.45, 2.75) is 88.0 Å². The van der Waals surface area contributed by atoms with Crippen LogP contribution in [0.15, 0.2) is 300 Å². The largest absolute Gasteiger partial charge is 0.354 e. The zero-order chi connectivity index (χ0) is 76.3. The molecule has 542 valence electrons. The summed E-state index contributed by atoms with van der Waals surface area (Å²) in [5.41, 5.74) is 28.5. The Balaban J connectivity index is 0.672. The fourth-order valence-electron chi connectivity index (χ4n) is 15.7. The molecule has 110 heavy (non-hydrogen) atoms. The monoisotopic (exact) mass is 1440 g/mol. The van der Waals surface area contributed by atoms with E-state index in [4.69, 9.17) is 9.97 Å². The van der Waals surface area contributed by atoms with Gasteiger partial charge in [0.05, 0.1) is 22.8 Å². The molecule has 5 heterocycles. The number of carbonyl (C=O) groups excluding carboxylic acids is 4. The Kier molecular flexibility index (Phi) is 20.5. The molecule has 2 amide bonds. The zero-order valence-corrected chi connectivity index (χ0v) is 63.6. The van der Waals surface area contributed by atoms with Crippen LogP contribution in [0.2, 0.25) is 0 Å². The lowest BCUT2D eigenvalue weighted by Crippen LogP contribution is -2.25. The summed E-state index contributed by atoms with van der Waals surface area (Å²) in [6.45, 7) is 19.6. The average molecular weight is 1440 g/mol. The molecule has 6 aliphatic rings. The van der Waals surface area contributed by atoms with Crippen molar-refractivity contribution in [3.05, 3.63) is 361 Å². The van der Waals surface area contributed by atoms with Crippen LogP contribution in [0.4, 0.5) is 11.4 Å². The van der Waals surface area contributed by atoms with Gasteiger partial charge >= 0.3 is 0 Å². The number of aromatic amines is 2. The summed E-state index contributed by atoms with van der Waals surface area (Å²) in [4.78, 5) is 74.3. The van der Waals surface area contributed by atoms with Gasteiger partial charge in [0.15, 0.2) is 11.6 Å². The molecule has 2 aliphatic heterocycles. The third kappa shape index (κ3) is 15.5. The second-order valence-electron chi connectivity index (χ2n) is 30.3. The fourth-order valence-corrected chi connectivity index (χ4v) is 15.7. The normalized spacial score (nSPS) is 17.0. The quantitative estimate of drug-likeness (QED) is 0.0496. The van der Waals surface area contributed by atoms with Crippen LogP contribution in [0.25, 0.3) is 97.0 Å². The molecule has 4 aliphatic carbocycles. The van der Waals surface area contributed by atoms with E-state index < -0.39 is 5.91 Å². The summed E-state index contributed by atoms with van der Waals surface area (Å²) in [7, 11) is 0. The molecule has 0 fully saturated rings. The Bertz CT molecular complexity index is 5870. The number of nitrogens with one attached hydrogen (secondary N) is 4. The van der Waals surface area contributed by atoms with Gasteiger partial charge in [0.25, 0.3) is 11.8 Å². The van der Waals surface area contributed by atoms with Crippen LogP contribution in [0.1, 0.15) is 155 Å². The Morgan fingerprint density at radius 3 is 1.28 bits per heavy atom. The van der Waals surface area contributed by atoms with E-state index in [2.05, 4.69) is 265 Å². The van der Waals surface area contributed by atoms with Crippen molar-refractivity contribution < 1.29 is 19.2 Å². The number of carbonyl (C=O) groups is 4. The Labute approximate surface area is 644 Å². The maximum Gasteiger partial charge on any atom is 0.255 e. The molecule has 3 aromatic heterocycles. The van der Waals surface area contributed by atoms with Crippen LogP contribution in [-0.2, 0) is 0 Å². The maximum absolute atomic E-state index is 14.0. The number of aryl methyl sites for hydroxylation is 2. The number of benzene rings is 6. The van der Waals surface area contributed by atoms with Gasteiger partial charge in [-0.3, -0.25) is 19.2 Å². The predicted octanol–water partition coefficient (Wildman–Crippen LogP) is 24.9. The van der Waals surface area contributed by atoms with E-state index in [9.17, 15) is 19.2 Å². The minimum atomic E-state index is -0.394. The van der Waals surface area contributed by atoms with Gasteiger partial charge in [-0.2, -0.15) is 0 Å². The first-order chi connectivity index (χ1) is 53.2. The van der Waals surface area contributed by atoms with Crippen LogP contribution < -0.4 is 10.6 Å². The molecule has 0 saturated heterocycles. The number of rotatable bonds is 18. The molecule has 2 unspecified atom stereocenters. The number of ketones is 2. The second-order valence-corrected chi connectivity index (χ2v) is 30.3. The van der Waals surface area contributed by atoms with Gasteiger partial charge in [-0.1, -0.05) is 235 Å². The lowest BCUT2D eigenvalue weighted by molar-refractivity contribution is 0.0968. The van der Waals surface area contributed by atoms with Gasteiger partial charge in [-0.05, 0) is 216 Å². The van der Waals surface area contributed by atoms with Crippen LogP contribution in [0.3, 0.4) is 0 Å². The van der Waals surface area contributed by atoms with Crippen molar-refractivity contribution in [2.75, 3.05) is 10.6 Å². The highest BCUT2D eigenvalue weighted by Crippen LogP contribution is 2.49. The number of H-pyrrole nitrogens is 2. The first kappa shape index (κ1) is 72.6. The number of amides is 2. The highest BCUT2D eigenvalue weighted by atomic mass is 16.2. The topological polar surface area (TPSA) is 150 Å². The highest BCUT2D eigenvalue weighted by Gasteiger charge is 2.46. The van der Waals surface area contributed by atoms with E-state index in [0.29, 0.717) is 33.6 Å². The van der Waals surface area contributed by atoms with E-state index in [0.717, 1.165) is 124 Å². The van der Waals surface area contributed by atoms with E-state index in [1.165, 1.54) is 41.6 Å². The first-order valence-electron chi connectivity index (χ1n) is 37.9. The standard InChI is InChI=1S/C100H88N6O4/c1-61(15-10-11-16-62(2)18-13-20-64(4)27-49-81-67(7)21-14-58-100(81,8)9)17-12-19-63(3)22-28-68-29-35-73(36-30-68)98(109)101-77-44-39-71(40-45-77)92-86-54-50-82(103-86)90(69-31-23-65(5)24-32-69)84-52-56-88(105-84)93(89-57-53-85(106-89)91(83-51-55-87(92)104-83)70-33-25-66(6)26-34-70)72-41-46-78(47-42-72)102-99(110)76-43-48-79-80(60-76)97(108)95-75-38-37-74(59-75)94(95)96(79)107/h10-13,15-20,22-57,60,74-75,103,106H,14,21,58-59H2,1-9H3,(H,101,109)(H,102,110)/b11-10+,17-12+,18-13+,28-22+,49-27+,61-15+,62-16+,63-19+,64-20+,90-82?,90-84?,91-83?,91-85?,92-86?,92-87?,93-88?,93-89?. The van der Waals surface area contributed by atoms with Gasteiger partial charge in [0.2, 0.25) is 0 Å². The smallest absolute Gasteiger partial charge is 0.255 e. The fraction of sp³-hybridized carbons (Fsp3) is 0.160. The zero-order valence-electron chi connectivity index (χ0n) is 63.6. The molecule has 0 spiro atoms. The van der Waals surface area contributed by atoms with E-state index in [1.54, 1.807) is 18.2 Å². The summed E-state index contributed by atoms with van der Waals surface area (Å²) >= 11 is 0. The molecule has 15 rings (SSSR count). The number of allylic oxidation sites excluding steroid dienone is 23. The van der Waals surface area contributed by atoms with E-state index in [-0.39, 0.29) is 45.9 Å². The number of Topliss-reactive ketones (excluding diaryl/α,β-unsaturated/α-hetero) is 2. The third-order valence-corrected chi connectivity index (χ3v) is 21.7. The van der Waals surface area contributed by atoms with E-state index >= 15 is 0 Å². The van der Waals surface area contributed by atoms with Crippen LogP contribution in [0.5, 0.6) is 0 Å². The van der Waals surface area contributed by atoms with Crippen molar-refractivity contribution in [1.82, 2.24) is 19.9 Å². The van der Waals surface area contributed by atoms with Crippen molar-refractivity contribution in [2.24, 2.45) is 17.3 Å². The summed E-state index contributed by atoms with van der Waals surface area (Å²) in [6.07, 6.45) is 46.6. The van der Waals surface area contributed by atoms with Gasteiger partial charge in [0.1, 0.15) is 0 Å². The third-order valence-electron chi connectivity index (χ3n) is 21.7. The molecular weight excluding hydrogens is 1350 g/mol. The highest BCUT2D eigenvalue weighted by molar-refractivity contribution is 6.29. The van der Waals surface area contributed by atoms with Gasteiger partial charge in [-0.15, -0.1) is 0 Å². The van der Waals surface area contributed by atoms with Crippen LogP contribution in [0, 0.1) is 31.1 Å². The molecule has 0 saturated carbocycles. The number of hydrogen-bond donors (Lipinski definition) is 4. The maximum atomic E-state index is 14.0. The lowest BCUT2D eigenvalue weighted by Gasteiger charge is -2.32. The minimum Gasteiger partial charge on any atom is -0.354 e. The van der Waals surface area contributed by atoms with Crippen LogP contribution >= 0.6 is 0 Å². The minimum absolute atomic E-state index is 0.0209. The summed E-state index contributed by atoms with van der Waals surface area (Å²) in [6, 6.07) is 53.4. The number of nitrogens with zero attached hydrogens (tertiary/aromatic N) is 2. The molecule has 4 N–H and O–H groups in total. The van der Waals surface area contributed by atoms with Gasteiger partial charge in [-0.25, -0.2) is 9.97 Å². The van der Waals surface area contributed by atoms with Crippen molar-refractivity contribution in [1.29, 1.82) is 0 Å². The van der Waals surface area contributed by atoms with Crippen molar-refractivity contribution in [3.63, 3.8) is 0 Å². The number of anilines is 2. The number of hydrogen-bond acceptors (Lipinski definition) is 6. The molecule has 2 atom stereocenters. The molecule has 6 aromatic carbocycles. The van der Waals surface area contributed by atoms with Crippen LogP contribution in [-0.4, -0.2) is 43.3 Å². The molecule has 10 bridgehead atoms. The predicted molar refractivity (Wildman–Crippen MR) is 456 cm³/mol. The second kappa shape index (κ2) is 31.1. The Morgan fingerprint density at radius 1 is 0.445 bits per heavy atom. The Morgan fingerprint density at radius 2 is 0.836 bits per heavy atom. The molecule has 0 radical (unpaired) electrons. The summed E-state index contributed by atoms with van der Waals surface area (Å²) in [5, 5.41) is 6.19. The number of aromatic nitrogens is 4. The van der Waals surface area contributed by atoms with Crippen molar-refractivity contribution in [3.8, 4) is 44.5 Å². The Hall–Kier alpha value is -12.9. The molecular formula is C100H88N6O4. The van der Waals surface area contributed by atoms with Gasteiger partial charge < -0.3 is 20.6 Å². The average Bonchev–Trinajstić information content (AvgIpc) is 1.41. The van der Waals surface area contributed by atoms with Gasteiger partial charge in [0, 0.05) is 101 Å². The summed E-state index contributed by atoms with van der Waals surface area (Å²) in [5.74, 6) is -0.977. The molecule has 10 heteroatoms. The number of fused-ring (bicyclic) bond motifs is 13. The van der Waals surface area contributed by atoms with E-state index in [1.807, 2.05) is 84.9 Å². The molecule has 10 nitrogen and oxygen atoms in total. The SMILES string of the molecule is CC1=C(/C=C/C(C)=C/C=C/C(C)=C/C=C/C=C(C)/C=C/C=C(C)/C=C/c2ccc(C(=O)Nc3ccc(-c4c5nc(c(-c6ccc(C)cc6)c6ccc([nH]6)c(-c6ccc(NC(=O)c7ccc8c(c7)C(=O)C7=C(C8=O)C8C=CC7C8)cc6)c6nc(c(-c7ccc(C)cc7)c7ccc4[nH]7)C=C6)C=C5)cc3)cc2)C(C)(C)CCC1. The van der Waals surface area contributed by atoms with Crippen molar-refractivity contribution >= 4 is 87.2 Å².